The van der Waals surface area contributed by atoms with Crippen LogP contribution in [0.5, 0.6) is 0 Å². The van der Waals surface area contributed by atoms with E-state index in [4.69, 9.17) is 5.11 Å². The van der Waals surface area contributed by atoms with Gasteiger partial charge < -0.3 is 10.4 Å². The molecule has 2 N–H and O–H groups in total. The van der Waals surface area contributed by atoms with E-state index in [1.54, 1.807) is 22.1 Å². The number of thiophene rings is 1. The number of carbonyl (C=O) groups is 2. The van der Waals surface area contributed by atoms with Crippen LogP contribution in [0.1, 0.15) is 16.8 Å². The van der Waals surface area contributed by atoms with Gasteiger partial charge in [-0.15, -0.1) is 11.3 Å². The minimum absolute atomic E-state index is 0.0869. The third kappa shape index (κ3) is 5.19. The molecule has 1 amide bonds. The molecule has 0 aliphatic carbocycles. The average molecular weight is 420 g/mol. The Labute approximate surface area is 148 Å². The molecule has 0 saturated carbocycles. The Morgan fingerprint density at radius 3 is 2.82 bits per heavy atom. The number of halogens is 1. The van der Waals surface area contributed by atoms with Gasteiger partial charge in [-0.05, 0) is 34.1 Å². The summed E-state index contributed by atoms with van der Waals surface area (Å²) >= 11 is 5.12. The molecule has 1 heterocycles. The number of benzene rings is 1. The molecule has 0 aliphatic heterocycles. The van der Waals surface area contributed by atoms with Crippen LogP contribution in [0.3, 0.4) is 0 Å². The maximum absolute atomic E-state index is 12.1. The lowest BCUT2D eigenvalue weighted by Gasteiger charge is -2.05. The standard InChI is InChI=1S/C14H14BrNO3S3/c15-11-8-20-12-2-1-9(7-10(11)12)14(19)16-4-6-22-21-5-3-13(17)18/h1-2,7-8H,3-6H2,(H,16,19)(H,17,18). The van der Waals surface area contributed by atoms with E-state index in [1.807, 2.05) is 23.6 Å². The Hall–Kier alpha value is -0.700. The van der Waals surface area contributed by atoms with E-state index < -0.39 is 5.97 Å². The lowest BCUT2D eigenvalue weighted by molar-refractivity contribution is -0.136. The zero-order valence-corrected chi connectivity index (χ0v) is 15.5. The van der Waals surface area contributed by atoms with Crippen molar-refractivity contribution >= 4 is 70.8 Å². The molecule has 0 unspecified atom stereocenters. The Balaban J connectivity index is 1.74. The van der Waals surface area contributed by atoms with Crippen LogP contribution in [0.4, 0.5) is 0 Å². The van der Waals surface area contributed by atoms with Crippen molar-refractivity contribution in [3.63, 3.8) is 0 Å². The first-order valence-electron chi connectivity index (χ1n) is 6.49. The van der Waals surface area contributed by atoms with Crippen LogP contribution in [-0.4, -0.2) is 35.0 Å². The van der Waals surface area contributed by atoms with Gasteiger partial charge in [0, 0.05) is 43.6 Å². The molecule has 2 rings (SSSR count). The van der Waals surface area contributed by atoms with E-state index in [0.717, 1.165) is 20.3 Å². The molecule has 118 valence electrons. The molecule has 8 heteroatoms. The van der Waals surface area contributed by atoms with Gasteiger partial charge in [0.05, 0.1) is 6.42 Å². The normalized spacial score (nSPS) is 10.8. The minimum Gasteiger partial charge on any atom is -0.481 e. The topological polar surface area (TPSA) is 66.4 Å². The van der Waals surface area contributed by atoms with Crippen molar-refractivity contribution in [2.75, 3.05) is 18.1 Å². The van der Waals surface area contributed by atoms with E-state index in [1.165, 1.54) is 10.8 Å². The molecule has 2 aromatic rings. The van der Waals surface area contributed by atoms with Crippen LogP contribution >= 0.6 is 48.9 Å². The van der Waals surface area contributed by atoms with Gasteiger partial charge in [0.15, 0.2) is 0 Å². The number of amides is 1. The summed E-state index contributed by atoms with van der Waals surface area (Å²) in [7, 11) is 3.09. The molecule has 0 atom stereocenters. The number of carbonyl (C=O) groups excluding carboxylic acids is 1. The highest BCUT2D eigenvalue weighted by molar-refractivity contribution is 9.10. The molecular formula is C14H14BrNO3S3. The first-order chi connectivity index (χ1) is 10.6. The summed E-state index contributed by atoms with van der Waals surface area (Å²) in [6.45, 7) is 0.562. The van der Waals surface area contributed by atoms with Gasteiger partial charge in [0.25, 0.3) is 5.91 Å². The maximum atomic E-state index is 12.1. The fraction of sp³-hybridized carbons (Fsp3) is 0.286. The molecule has 0 radical (unpaired) electrons. The molecule has 0 bridgehead atoms. The van der Waals surface area contributed by atoms with Crippen molar-refractivity contribution in [2.45, 2.75) is 6.42 Å². The number of fused-ring (bicyclic) bond motifs is 1. The highest BCUT2D eigenvalue weighted by Gasteiger charge is 2.08. The number of rotatable bonds is 8. The minimum atomic E-state index is -0.781. The van der Waals surface area contributed by atoms with Crippen LogP contribution in [-0.2, 0) is 4.79 Å². The van der Waals surface area contributed by atoms with E-state index >= 15 is 0 Å². The van der Waals surface area contributed by atoms with Crippen molar-refractivity contribution in [3.8, 4) is 0 Å². The summed E-state index contributed by atoms with van der Waals surface area (Å²) in [6, 6.07) is 5.67. The molecule has 0 fully saturated rings. The number of carboxylic acid groups (broad SMARTS) is 1. The first-order valence-corrected chi connectivity index (χ1v) is 10.6. The van der Waals surface area contributed by atoms with Gasteiger partial charge in [-0.1, -0.05) is 21.6 Å². The van der Waals surface area contributed by atoms with E-state index in [0.29, 0.717) is 17.9 Å². The Kier molecular flexibility index (Phi) is 7.07. The molecular weight excluding hydrogens is 406 g/mol. The monoisotopic (exact) mass is 419 g/mol. The number of aliphatic carboxylic acids is 1. The van der Waals surface area contributed by atoms with E-state index in [2.05, 4.69) is 21.2 Å². The summed E-state index contributed by atoms with van der Waals surface area (Å²) in [6.07, 6.45) is 0.166. The van der Waals surface area contributed by atoms with Gasteiger partial charge in [0.1, 0.15) is 0 Å². The van der Waals surface area contributed by atoms with Gasteiger partial charge in [0.2, 0.25) is 0 Å². The molecule has 0 aliphatic rings. The average Bonchev–Trinajstić information content (AvgIpc) is 2.86. The lowest BCUT2D eigenvalue weighted by Crippen LogP contribution is -2.25. The zero-order chi connectivity index (χ0) is 15.9. The van der Waals surface area contributed by atoms with Crippen molar-refractivity contribution in [1.82, 2.24) is 5.32 Å². The number of carboxylic acids is 1. The zero-order valence-electron chi connectivity index (χ0n) is 11.5. The summed E-state index contributed by atoms with van der Waals surface area (Å²) in [5.41, 5.74) is 0.648. The number of nitrogens with one attached hydrogen (secondary N) is 1. The molecule has 4 nitrogen and oxygen atoms in total. The maximum Gasteiger partial charge on any atom is 0.304 e. The van der Waals surface area contributed by atoms with Crippen LogP contribution < -0.4 is 5.32 Å². The van der Waals surface area contributed by atoms with Gasteiger partial charge >= 0.3 is 5.97 Å². The van der Waals surface area contributed by atoms with Gasteiger partial charge in [-0.25, -0.2) is 0 Å². The highest BCUT2D eigenvalue weighted by atomic mass is 79.9. The second kappa shape index (κ2) is 8.81. The largest absolute Gasteiger partial charge is 0.481 e. The molecule has 1 aromatic carbocycles. The lowest BCUT2D eigenvalue weighted by atomic mass is 10.1. The Morgan fingerprint density at radius 1 is 1.27 bits per heavy atom. The van der Waals surface area contributed by atoms with Crippen LogP contribution in [0, 0.1) is 0 Å². The molecule has 0 saturated heterocycles. The quantitative estimate of drug-likeness (QED) is 0.494. The van der Waals surface area contributed by atoms with Crippen LogP contribution in [0.15, 0.2) is 28.1 Å². The third-order valence-electron chi connectivity index (χ3n) is 2.74. The van der Waals surface area contributed by atoms with Gasteiger partial charge in [-0.2, -0.15) is 0 Å². The second-order valence-electron chi connectivity index (χ2n) is 4.34. The molecule has 1 aromatic heterocycles. The summed E-state index contributed by atoms with van der Waals surface area (Å²) < 4.78 is 2.15. The Bertz CT molecular complexity index is 674. The van der Waals surface area contributed by atoms with Crippen molar-refractivity contribution in [1.29, 1.82) is 0 Å². The highest BCUT2D eigenvalue weighted by Crippen LogP contribution is 2.30. The number of hydrogen-bond acceptors (Lipinski definition) is 5. The van der Waals surface area contributed by atoms with Crippen molar-refractivity contribution < 1.29 is 14.7 Å². The van der Waals surface area contributed by atoms with Crippen molar-refractivity contribution in [3.05, 3.63) is 33.6 Å². The van der Waals surface area contributed by atoms with Crippen LogP contribution in [0.25, 0.3) is 10.1 Å². The fourth-order valence-electron chi connectivity index (χ4n) is 1.69. The van der Waals surface area contributed by atoms with E-state index in [9.17, 15) is 9.59 Å². The second-order valence-corrected chi connectivity index (χ2v) is 8.81. The van der Waals surface area contributed by atoms with Crippen LogP contribution in [0.2, 0.25) is 0 Å². The van der Waals surface area contributed by atoms with Crippen molar-refractivity contribution in [2.24, 2.45) is 0 Å². The molecule has 22 heavy (non-hydrogen) atoms. The number of hydrogen-bond donors (Lipinski definition) is 2. The SMILES string of the molecule is O=C(O)CCSSCCNC(=O)c1ccc2scc(Br)c2c1. The molecule has 0 spiro atoms. The predicted octanol–water partition coefficient (Wildman–Crippen LogP) is 4.25. The first kappa shape index (κ1) is 17.7. The van der Waals surface area contributed by atoms with Gasteiger partial charge in [-0.3, -0.25) is 9.59 Å². The smallest absolute Gasteiger partial charge is 0.304 e. The third-order valence-corrected chi connectivity index (χ3v) is 7.07. The summed E-state index contributed by atoms with van der Waals surface area (Å²) in [5, 5.41) is 14.4. The summed E-state index contributed by atoms with van der Waals surface area (Å²) in [4.78, 5) is 22.4. The fourth-order valence-corrected chi connectivity index (χ4v) is 5.12. The van der Waals surface area contributed by atoms with E-state index in [-0.39, 0.29) is 12.3 Å². The Morgan fingerprint density at radius 2 is 2.05 bits per heavy atom. The summed E-state index contributed by atoms with van der Waals surface area (Å²) in [5.74, 6) is 0.463. The predicted molar refractivity (Wildman–Crippen MR) is 99.0 cm³/mol.